The highest BCUT2D eigenvalue weighted by atomic mass is 16.2. The van der Waals surface area contributed by atoms with Crippen molar-refractivity contribution in [2.24, 2.45) is 0 Å². The van der Waals surface area contributed by atoms with Gasteiger partial charge >= 0.3 is 0 Å². The molecule has 6 heteroatoms. The quantitative estimate of drug-likeness (QED) is 0.807. The summed E-state index contributed by atoms with van der Waals surface area (Å²) in [5.74, 6) is 0.342. The topological polar surface area (TPSA) is 78.1 Å². The maximum atomic E-state index is 12.3. The SMILES string of the molecule is O=C1CC(NCc2ncc[nH]2)C(=O)N1c1ccccc1. The van der Waals surface area contributed by atoms with E-state index in [1.165, 1.54) is 4.90 Å². The van der Waals surface area contributed by atoms with E-state index >= 15 is 0 Å². The van der Waals surface area contributed by atoms with Crippen LogP contribution in [0.15, 0.2) is 42.7 Å². The lowest BCUT2D eigenvalue weighted by Gasteiger charge is -2.15. The Hall–Kier alpha value is -2.47. The Bertz CT molecular complexity index is 609. The minimum atomic E-state index is -0.493. The molecular weight excluding hydrogens is 256 g/mol. The standard InChI is InChI=1S/C14H14N4O2/c19-13-8-11(17-9-12-15-6-7-16-12)14(20)18(13)10-4-2-1-3-5-10/h1-7,11,17H,8-9H2,(H,15,16). The fraction of sp³-hybridized carbons (Fsp3) is 0.214. The van der Waals surface area contributed by atoms with Crippen LogP contribution in [0.2, 0.25) is 0 Å². The highest BCUT2D eigenvalue weighted by molar-refractivity contribution is 6.22. The first-order chi connectivity index (χ1) is 9.75. The van der Waals surface area contributed by atoms with E-state index in [1.807, 2.05) is 6.07 Å². The van der Waals surface area contributed by atoms with Crippen molar-refractivity contribution in [1.29, 1.82) is 0 Å². The number of rotatable bonds is 4. The monoisotopic (exact) mass is 270 g/mol. The van der Waals surface area contributed by atoms with Crippen LogP contribution in [0.5, 0.6) is 0 Å². The van der Waals surface area contributed by atoms with Gasteiger partial charge in [-0.05, 0) is 12.1 Å². The van der Waals surface area contributed by atoms with Gasteiger partial charge in [0.25, 0.3) is 5.91 Å². The van der Waals surface area contributed by atoms with Gasteiger partial charge in [-0.15, -0.1) is 0 Å². The molecule has 1 aliphatic heterocycles. The summed E-state index contributed by atoms with van der Waals surface area (Å²) < 4.78 is 0. The number of imide groups is 1. The lowest BCUT2D eigenvalue weighted by atomic mass is 10.2. The first-order valence-corrected chi connectivity index (χ1v) is 6.39. The molecule has 3 rings (SSSR count). The van der Waals surface area contributed by atoms with Crippen molar-refractivity contribution < 1.29 is 9.59 Å². The third-order valence-electron chi connectivity index (χ3n) is 3.23. The van der Waals surface area contributed by atoms with Crippen LogP contribution in [-0.2, 0) is 16.1 Å². The van der Waals surface area contributed by atoms with E-state index in [1.54, 1.807) is 36.7 Å². The molecular formula is C14H14N4O2. The van der Waals surface area contributed by atoms with Crippen LogP contribution < -0.4 is 10.2 Å². The summed E-state index contributed by atoms with van der Waals surface area (Å²) in [6.45, 7) is 0.430. The summed E-state index contributed by atoms with van der Waals surface area (Å²) in [6, 6.07) is 8.48. The zero-order chi connectivity index (χ0) is 13.9. The second kappa shape index (κ2) is 5.26. The molecule has 1 saturated heterocycles. The maximum Gasteiger partial charge on any atom is 0.251 e. The molecule has 6 nitrogen and oxygen atoms in total. The van der Waals surface area contributed by atoms with Crippen molar-refractivity contribution in [3.05, 3.63) is 48.5 Å². The molecule has 0 spiro atoms. The molecule has 1 aromatic heterocycles. The predicted octanol–water partition coefficient (Wildman–Crippen LogP) is 0.831. The lowest BCUT2D eigenvalue weighted by molar-refractivity contribution is -0.121. The van der Waals surface area contributed by atoms with Crippen molar-refractivity contribution in [3.63, 3.8) is 0 Å². The van der Waals surface area contributed by atoms with Gasteiger partial charge in [0.15, 0.2) is 0 Å². The lowest BCUT2D eigenvalue weighted by Crippen LogP contribution is -2.38. The van der Waals surface area contributed by atoms with E-state index in [2.05, 4.69) is 15.3 Å². The number of nitrogens with zero attached hydrogens (tertiary/aromatic N) is 2. The van der Waals surface area contributed by atoms with Gasteiger partial charge in [0.05, 0.1) is 24.7 Å². The molecule has 0 aliphatic carbocycles. The molecule has 2 amide bonds. The number of anilines is 1. The van der Waals surface area contributed by atoms with Crippen molar-refractivity contribution in [2.45, 2.75) is 19.0 Å². The largest absolute Gasteiger partial charge is 0.348 e. The van der Waals surface area contributed by atoms with E-state index in [0.717, 1.165) is 5.82 Å². The van der Waals surface area contributed by atoms with E-state index in [4.69, 9.17) is 0 Å². The van der Waals surface area contributed by atoms with E-state index in [9.17, 15) is 9.59 Å². The van der Waals surface area contributed by atoms with Crippen LogP contribution in [-0.4, -0.2) is 27.8 Å². The zero-order valence-corrected chi connectivity index (χ0v) is 10.7. The first-order valence-electron chi connectivity index (χ1n) is 6.39. The number of para-hydroxylation sites is 1. The van der Waals surface area contributed by atoms with Crippen molar-refractivity contribution in [2.75, 3.05) is 4.90 Å². The third kappa shape index (κ3) is 2.33. The van der Waals surface area contributed by atoms with Gasteiger partial charge in [-0.2, -0.15) is 0 Å². The number of hydrogen-bond donors (Lipinski definition) is 2. The molecule has 2 N–H and O–H groups in total. The Balaban J connectivity index is 1.70. The molecule has 1 unspecified atom stereocenters. The average Bonchev–Trinajstić information content (AvgIpc) is 3.06. The summed E-state index contributed by atoms with van der Waals surface area (Å²) in [5, 5.41) is 3.06. The average molecular weight is 270 g/mol. The van der Waals surface area contributed by atoms with Crippen LogP contribution in [0.3, 0.4) is 0 Å². The number of aromatic nitrogens is 2. The van der Waals surface area contributed by atoms with Gasteiger partial charge in [-0.1, -0.05) is 18.2 Å². The highest BCUT2D eigenvalue weighted by Gasteiger charge is 2.39. The fourth-order valence-corrected chi connectivity index (χ4v) is 2.25. The number of imidazole rings is 1. The first kappa shape index (κ1) is 12.6. The van der Waals surface area contributed by atoms with Crippen LogP contribution in [0.1, 0.15) is 12.2 Å². The van der Waals surface area contributed by atoms with Gasteiger partial charge in [-0.3, -0.25) is 14.9 Å². The molecule has 1 atom stereocenters. The third-order valence-corrected chi connectivity index (χ3v) is 3.23. The van der Waals surface area contributed by atoms with Crippen molar-refractivity contribution in [3.8, 4) is 0 Å². The van der Waals surface area contributed by atoms with Gasteiger partial charge in [0.2, 0.25) is 5.91 Å². The summed E-state index contributed by atoms with van der Waals surface area (Å²) in [4.78, 5) is 32.5. The van der Waals surface area contributed by atoms with Gasteiger partial charge in [0.1, 0.15) is 5.82 Å². The maximum absolute atomic E-state index is 12.3. The molecule has 2 aromatic rings. The fourth-order valence-electron chi connectivity index (χ4n) is 2.25. The van der Waals surface area contributed by atoms with Crippen molar-refractivity contribution in [1.82, 2.24) is 15.3 Å². The number of hydrogen-bond acceptors (Lipinski definition) is 4. The number of nitrogens with one attached hydrogen (secondary N) is 2. The molecule has 1 aliphatic rings. The van der Waals surface area contributed by atoms with Gasteiger partial charge < -0.3 is 4.98 Å². The zero-order valence-electron chi connectivity index (χ0n) is 10.7. The Labute approximate surface area is 115 Å². The minimum Gasteiger partial charge on any atom is -0.348 e. The molecule has 2 heterocycles. The second-order valence-corrected chi connectivity index (χ2v) is 4.58. The minimum absolute atomic E-state index is 0.175. The Morgan fingerprint density at radius 1 is 1.30 bits per heavy atom. The van der Waals surface area contributed by atoms with E-state index in [0.29, 0.717) is 12.2 Å². The Kier molecular flexibility index (Phi) is 3.30. The summed E-state index contributed by atoms with van der Waals surface area (Å²) in [6.07, 6.45) is 3.54. The number of amides is 2. The van der Waals surface area contributed by atoms with Crippen LogP contribution in [0.25, 0.3) is 0 Å². The molecule has 20 heavy (non-hydrogen) atoms. The summed E-state index contributed by atoms with van der Waals surface area (Å²) in [5.41, 5.74) is 0.616. The number of carbonyl (C=O) groups excluding carboxylic acids is 2. The van der Waals surface area contributed by atoms with Crippen LogP contribution in [0.4, 0.5) is 5.69 Å². The van der Waals surface area contributed by atoms with E-state index in [-0.39, 0.29) is 18.2 Å². The number of H-pyrrole nitrogens is 1. The predicted molar refractivity (Wildman–Crippen MR) is 72.8 cm³/mol. The Morgan fingerprint density at radius 3 is 2.80 bits per heavy atom. The molecule has 102 valence electrons. The van der Waals surface area contributed by atoms with Crippen LogP contribution >= 0.6 is 0 Å². The summed E-state index contributed by atoms with van der Waals surface area (Å²) >= 11 is 0. The molecule has 0 bridgehead atoms. The normalized spacial score (nSPS) is 18.8. The number of aromatic amines is 1. The summed E-state index contributed by atoms with van der Waals surface area (Å²) in [7, 11) is 0. The molecule has 0 saturated carbocycles. The van der Waals surface area contributed by atoms with Gasteiger partial charge in [0, 0.05) is 12.4 Å². The Morgan fingerprint density at radius 2 is 2.10 bits per heavy atom. The second-order valence-electron chi connectivity index (χ2n) is 4.58. The number of carbonyl (C=O) groups is 2. The smallest absolute Gasteiger partial charge is 0.251 e. The van der Waals surface area contributed by atoms with Crippen molar-refractivity contribution >= 4 is 17.5 Å². The molecule has 1 aromatic carbocycles. The van der Waals surface area contributed by atoms with Crippen LogP contribution in [0, 0.1) is 0 Å². The molecule has 1 fully saturated rings. The number of benzene rings is 1. The van der Waals surface area contributed by atoms with Gasteiger partial charge in [-0.25, -0.2) is 9.88 Å². The molecule has 0 radical (unpaired) electrons. The van der Waals surface area contributed by atoms with E-state index < -0.39 is 6.04 Å². The highest BCUT2D eigenvalue weighted by Crippen LogP contribution is 2.22.